The van der Waals surface area contributed by atoms with Gasteiger partial charge in [0.2, 0.25) is 0 Å². The van der Waals surface area contributed by atoms with Gasteiger partial charge in [0.05, 0.1) is 5.56 Å². The van der Waals surface area contributed by atoms with Crippen LogP contribution in [0.2, 0.25) is 0 Å². The van der Waals surface area contributed by atoms with Crippen LogP contribution in [0.5, 0.6) is 0 Å². The van der Waals surface area contributed by atoms with Crippen molar-refractivity contribution in [2.24, 2.45) is 7.05 Å². The first-order valence-electron chi connectivity index (χ1n) is 6.76. The van der Waals surface area contributed by atoms with Crippen LogP contribution >= 0.6 is 15.9 Å². The quantitative estimate of drug-likeness (QED) is 0.834. The Hall–Kier alpha value is -1.89. The number of aryl methyl sites for hydroxylation is 1. The second-order valence-electron chi connectivity index (χ2n) is 4.53. The van der Waals surface area contributed by atoms with Gasteiger partial charge in [0.25, 0.3) is 5.91 Å². The summed E-state index contributed by atoms with van der Waals surface area (Å²) >= 11 is 3.34. The maximum Gasteiger partial charge on any atom is 0.255 e. The Kier molecular flexibility index (Phi) is 5.32. The van der Waals surface area contributed by atoms with Crippen molar-refractivity contribution in [2.75, 3.05) is 18.4 Å². The van der Waals surface area contributed by atoms with Gasteiger partial charge in [-0.15, -0.1) is 0 Å². The highest BCUT2D eigenvalue weighted by molar-refractivity contribution is 9.10. The zero-order chi connectivity index (χ0) is 15.2. The highest BCUT2D eigenvalue weighted by Gasteiger charge is 2.13. The number of carbonyl (C=O) groups is 1. The van der Waals surface area contributed by atoms with Crippen LogP contribution in [0.3, 0.4) is 0 Å². The molecule has 112 valence electrons. The van der Waals surface area contributed by atoms with Gasteiger partial charge in [-0.25, -0.2) is 4.98 Å². The van der Waals surface area contributed by atoms with Gasteiger partial charge in [0.1, 0.15) is 5.82 Å². The summed E-state index contributed by atoms with van der Waals surface area (Å²) in [5, 5.41) is 10.1. The lowest BCUT2D eigenvalue weighted by Gasteiger charge is -2.10. The van der Waals surface area contributed by atoms with Crippen molar-refractivity contribution in [3.8, 4) is 0 Å². The van der Waals surface area contributed by atoms with Crippen LogP contribution in [0.4, 0.5) is 5.82 Å². The molecule has 6 nitrogen and oxygen atoms in total. The molecule has 0 unspecified atom stereocenters. The van der Waals surface area contributed by atoms with E-state index in [0.717, 1.165) is 16.6 Å². The second-order valence-corrected chi connectivity index (χ2v) is 5.45. The number of nitrogens with zero attached hydrogens (tertiary/aromatic N) is 3. The summed E-state index contributed by atoms with van der Waals surface area (Å²) in [6.45, 7) is 3.23. The van der Waals surface area contributed by atoms with E-state index in [1.54, 1.807) is 23.1 Å². The SMILES string of the molecule is CCNc1ncc(Br)cc1C(=O)NCCc1ccnn1C. The normalized spacial score (nSPS) is 10.4. The molecule has 2 aromatic heterocycles. The van der Waals surface area contributed by atoms with Crippen molar-refractivity contribution in [3.05, 3.63) is 40.3 Å². The Labute approximate surface area is 132 Å². The molecule has 0 aromatic carbocycles. The fraction of sp³-hybridized carbons (Fsp3) is 0.357. The third kappa shape index (κ3) is 4.04. The zero-order valence-electron chi connectivity index (χ0n) is 12.1. The molecule has 1 amide bonds. The van der Waals surface area contributed by atoms with Crippen LogP contribution < -0.4 is 10.6 Å². The van der Waals surface area contributed by atoms with Crippen LogP contribution in [0.1, 0.15) is 23.0 Å². The monoisotopic (exact) mass is 351 g/mol. The van der Waals surface area contributed by atoms with E-state index in [-0.39, 0.29) is 5.91 Å². The molecule has 21 heavy (non-hydrogen) atoms. The van der Waals surface area contributed by atoms with E-state index in [0.29, 0.717) is 24.5 Å². The average Bonchev–Trinajstić information content (AvgIpc) is 2.86. The van der Waals surface area contributed by atoms with Crippen molar-refractivity contribution < 1.29 is 4.79 Å². The smallest absolute Gasteiger partial charge is 0.255 e. The summed E-state index contributed by atoms with van der Waals surface area (Å²) in [6.07, 6.45) is 4.16. The van der Waals surface area contributed by atoms with Gasteiger partial charge in [-0.1, -0.05) is 0 Å². The highest BCUT2D eigenvalue weighted by Crippen LogP contribution is 2.17. The molecule has 0 saturated heterocycles. The first-order valence-corrected chi connectivity index (χ1v) is 7.55. The lowest BCUT2D eigenvalue weighted by atomic mass is 10.2. The minimum atomic E-state index is -0.137. The summed E-state index contributed by atoms with van der Waals surface area (Å²) in [7, 11) is 1.89. The van der Waals surface area contributed by atoms with E-state index < -0.39 is 0 Å². The van der Waals surface area contributed by atoms with Gasteiger partial charge < -0.3 is 10.6 Å². The molecule has 2 rings (SSSR count). The molecular weight excluding hydrogens is 334 g/mol. The second kappa shape index (κ2) is 7.21. The molecule has 2 N–H and O–H groups in total. The molecule has 2 aromatic rings. The number of hydrogen-bond acceptors (Lipinski definition) is 4. The predicted molar refractivity (Wildman–Crippen MR) is 85.3 cm³/mol. The van der Waals surface area contributed by atoms with Gasteiger partial charge in [-0.2, -0.15) is 5.10 Å². The van der Waals surface area contributed by atoms with Gasteiger partial charge in [-0.05, 0) is 35.0 Å². The fourth-order valence-electron chi connectivity index (χ4n) is 1.97. The number of nitrogens with one attached hydrogen (secondary N) is 2. The molecule has 0 aliphatic carbocycles. The molecular formula is C14H18BrN5O. The molecule has 0 atom stereocenters. The Morgan fingerprint density at radius 3 is 2.95 bits per heavy atom. The van der Waals surface area contributed by atoms with Gasteiger partial charge in [0, 0.05) is 49.1 Å². The third-order valence-corrected chi connectivity index (χ3v) is 3.47. The molecule has 0 fully saturated rings. The van der Waals surface area contributed by atoms with Crippen molar-refractivity contribution in [1.29, 1.82) is 0 Å². The minimum absolute atomic E-state index is 0.137. The van der Waals surface area contributed by atoms with E-state index in [2.05, 4.69) is 36.6 Å². The summed E-state index contributed by atoms with van der Waals surface area (Å²) in [5.74, 6) is 0.459. The lowest BCUT2D eigenvalue weighted by molar-refractivity contribution is 0.0954. The zero-order valence-corrected chi connectivity index (χ0v) is 13.6. The van der Waals surface area contributed by atoms with Crippen molar-refractivity contribution in [1.82, 2.24) is 20.1 Å². The van der Waals surface area contributed by atoms with Crippen molar-refractivity contribution in [2.45, 2.75) is 13.3 Å². The van der Waals surface area contributed by atoms with Crippen LogP contribution in [0, 0.1) is 0 Å². The van der Waals surface area contributed by atoms with Crippen LogP contribution in [0.25, 0.3) is 0 Å². The number of rotatable bonds is 6. The Bertz CT molecular complexity index is 626. The van der Waals surface area contributed by atoms with E-state index in [4.69, 9.17) is 0 Å². The number of aromatic nitrogens is 3. The molecule has 7 heteroatoms. The number of anilines is 1. The van der Waals surface area contributed by atoms with E-state index in [9.17, 15) is 4.79 Å². The molecule has 0 aliphatic rings. The largest absolute Gasteiger partial charge is 0.370 e. The molecule has 0 aliphatic heterocycles. The third-order valence-electron chi connectivity index (χ3n) is 3.03. The molecule has 0 bridgehead atoms. The average molecular weight is 352 g/mol. The Balaban J connectivity index is 1.99. The van der Waals surface area contributed by atoms with Crippen LogP contribution in [-0.2, 0) is 13.5 Å². The van der Waals surface area contributed by atoms with E-state index >= 15 is 0 Å². The van der Waals surface area contributed by atoms with Crippen LogP contribution in [0.15, 0.2) is 29.0 Å². The maximum absolute atomic E-state index is 12.3. The van der Waals surface area contributed by atoms with Crippen molar-refractivity contribution in [3.63, 3.8) is 0 Å². The molecule has 0 spiro atoms. The number of amides is 1. The lowest BCUT2D eigenvalue weighted by Crippen LogP contribution is -2.27. The van der Waals surface area contributed by atoms with Gasteiger partial charge >= 0.3 is 0 Å². The number of carbonyl (C=O) groups excluding carboxylic acids is 1. The molecule has 2 heterocycles. The molecule has 0 saturated carbocycles. The summed E-state index contributed by atoms with van der Waals surface area (Å²) in [6, 6.07) is 3.71. The number of halogens is 1. The molecule has 0 radical (unpaired) electrons. The minimum Gasteiger partial charge on any atom is -0.370 e. The number of hydrogen-bond donors (Lipinski definition) is 2. The van der Waals surface area contributed by atoms with Crippen LogP contribution in [-0.4, -0.2) is 33.8 Å². The van der Waals surface area contributed by atoms with E-state index in [1.807, 2.05) is 20.0 Å². The summed E-state index contributed by atoms with van der Waals surface area (Å²) in [5.41, 5.74) is 1.62. The summed E-state index contributed by atoms with van der Waals surface area (Å²) < 4.78 is 2.58. The van der Waals surface area contributed by atoms with E-state index in [1.165, 1.54) is 0 Å². The maximum atomic E-state index is 12.3. The summed E-state index contributed by atoms with van der Waals surface area (Å²) in [4.78, 5) is 16.5. The Morgan fingerprint density at radius 1 is 1.48 bits per heavy atom. The Morgan fingerprint density at radius 2 is 2.29 bits per heavy atom. The predicted octanol–water partition coefficient (Wildman–Crippen LogP) is 1.98. The topological polar surface area (TPSA) is 71.8 Å². The fourth-order valence-corrected chi connectivity index (χ4v) is 2.30. The first kappa shape index (κ1) is 15.5. The number of pyridine rings is 1. The van der Waals surface area contributed by atoms with Gasteiger partial charge in [0.15, 0.2) is 0 Å². The standard InChI is InChI=1S/C14H18BrN5O/c1-3-16-13-12(8-10(15)9-18-13)14(21)17-6-4-11-5-7-19-20(11)2/h5,7-9H,3-4,6H2,1-2H3,(H,16,18)(H,17,21). The van der Waals surface area contributed by atoms with Gasteiger partial charge in [-0.3, -0.25) is 9.48 Å². The first-order chi connectivity index (χ1) is 10.1. The highest BCUT2D eigenvalue weighted by atomic mass is 79.9. The van der Waals surface area contributed by atoms with Crippen molar-refractivity contribution >= 4 is 27.7 Å².